The van der Waals surface area contributed by atoms with Crippen molar-refractivity contribution < 1.29 is 23.8 Å². The van der Waals surface area contributed by atoms with Gasteiger partial charge in [-0.15, -0.1) is 0 Å². The Hall–Kier alpha value is -1.82. The summed E-state index contributed by atoms with van der Waals surface area (Å²) in [6, 6.07) is 4.59. The molecule has 1 rings (SSSR count). The fourth-order valence-electron chi connectivity index (χ4n) is 1.55. The number of alkyl halides is 1. The number of aliphatic hydroxyl groups is 1. The van der Waals surface area contributed by atoms with Crippen LogP contribution in [0.25, 0.3) is 0 Å². The van der Waals surface area contributed by atoms with Gasteiger partial charge in [0.2, 0.25) is 0 Å². The smallest absolute Gasteiger partial charge is 0.412 e. The molecule has 0 aromatic heterocycles. The predicted molar refractivity (Wildman–Crippen MR) is 73.8 cm³/mol. The molecule has 1 unspecified atom stereocenters. The van der Waals surface area contributed by atoms with Crippen LogP contribution in [0.15, 0.2) is 18.2 Å². The van der Waals surface area contributed by atoms with Gasteiger partial charge in [0.05, 0.1) is 12.8 Å². The largest absolute Gasteiger partial charge is 0.497 e. The first-order chi connectivity index (χ1) is 9.26. The maximum Gasteiger partial charge on any atom is 0.412 e. The molecule has 112 valence electrons. The van der Waals surface area contributed by atoms with Crippen LogP contribution >= 0.6 is 0 Å². The molecule has 0 aliphatic heterocycles. The number of aliphatic hydroxyl groups excluding tert-OH is 1. The number of amides is 1. The summed E-state index contributed by atoms with van der Waals surface area (Å²) in [6.07, 6.45) is -2.01. The first kappa shape index (κ1) is 16.2. The van der Waals surface area contributed by atoms with E-state index >= 15 is 0 Å². The van der Waals surface area contributed by atoms with Gasteiger partial charge in [-0.2, -0.15) is 0 Å². The van der Waals surface area contributed by atoms with Crippen LogP contribution in [0.4, 0.5) is 14.9 Å². The second-order valence-corrected chi connectivity index (χ2v) is 5.25. The number of ether oxygens (including phenoxy) is 2. The lowest BCUT2D eigenvalue weighted by Gasteiger charge is -2.21. The van der Waals surface area contributed by atoms with Crippen molar-refractivity contribution in [1.82, 2.24) is 0 Å². The van der Waals surface area contributed by atoms with Crippen LogP contribution in [0.1, 0.15) is 32.4 Å². The Kier molecular flexibility index (Phi) is 5.33. The van der Waals surface area contributed by atoms with E-state index in [0.29, 0.717) is 5.75 Å². The molecule has 0 saturated carbocycles. The standard InChI is InChI=1S/C14H20FNO4/c1-14(2,3)20-13(18)16-11-6-5-9(19-4)7-10(11)12(17)8-15/h5-7,12,17H,8H2,1-4H3,(H,16,18). The first-order valence-electron chi connectivity index (χ1n) is 6.19. The molecule has 1 aromatic rings. The molecule has 0 fully saturated rings. The van der Waals surface area contributed by atoms with E-state index in [0.717, 1.165) is 0 Å². The maximum absolute atomic E-state index is 12.7. The highest BCUT2D eigenvalue weighted by Crippen LogP contribution is 2.28. The van der Waals surface area contributed by atoms with Gasteiger partial charge < -0.3 is 14.6 Å². The van der Waals surface area contributed by atoms with Crippen molar-refractivity contribution in [2.75, 3.05) is 19.1 Å². The third kappa shape index (κ3) is 4.70. The summed E-state index contributed by atoms with van der Waals surface area (Å²) in [4.78, 5) is 11.7. The van der Waals surface area contributed by atoms with Gasteiger partial charge in [0, 0.05) is 5.56 Å². The lowest BCUT2D eigenvalue weighted by Crippen LogP contribution is -2.27. The number of rotatable bonds is 4. The first-order valence-corrected chi connectivity index (χ1v) is 6.19. The summed E-state index contributed by atoms with van der Waals surface area (Å²) in [5.41, 5.74) is -0.127. The number of carbonyl (C=O) groups is 1. The lowest BCUT2D eigenvalue weighted by molar-refractivity contribution is 0.0635. The topological polar surface area (TPSA) is 67.8 Å². The monoisotopic (exact) mass is 285 g/mol. The van der Waals surface area contributed by atoms with Gasteiger partial charge in [-0.1, -0.05) is 0 Å². The average Bonchev–Trinajstić information content (AvgIpc) is 2.36. The van der Waals surface area contributed by atoms with Crippen molar-refractivity contribution in [2.24, 2.45) is 0 Å². The van der Waals surface area contributed by atoms with Crippen molar-refractivity contribution in [1.29, 1.82) is 0 Å². The molecule has 0 aliphatic rings. The molecule has 0 spiro atoms. The molecule has 0 radical (unpaired) electrons. The van der Waals surface area contributed by atoms with E-state index in [-0.39, 0.29) is 11.3 Å². The molecule has 5 nitrogen and oxygen atoms in total. The SMILES string of the molecule is COc1ccc(NC(=O)OC(C)(C)C)c(C(O)CF)c1. The molecule has 1 aromatic carbocycles. The predicted octanol–water partition coefficient (Wildman–Crippen LogP) is 3.05. The second kappa shape index (κ2) is 6.56. The number of hydrogen-bond donors (Lipinski definition) is 2. The van der Waals surface area contributed by atoms with Gasteiger partial charge in [0.15, 0.2) is 0 Å². The molecule has 0 saturated heterocycles. The van der Waals surface area contributed by atoms with Gasteiger partial charge in [0.25, 0.3) is 0 Å². The third-order valence-corrected chi connectivity index (χ3v) is 2.40. The van der Waals surface area contributed by atoms with Gasteiger partial charge >= 0.3 is 6.09 Å². The van der Waals surface area contributed by atoms with Gasteiger partial charge in [-0.05, 0) is 39.0 Å². The second-order valence-electron chi connectivity index (χ2n) is 5.25. The number of benzene rings is 1. The fourth-order valence-corrected chi connectivity index (χ4v) is 1.55. The van der Waals surface area contributed by atoms with Crippen LogP contribution in [0, 0.1) is 0 Å². The summed E-state index contributed by atoms with van der Waals surface area (Å²) in [5.74, 6) is 0.460. The van der Waals surface area contributed by atoms with E-state index in [9.17, 15) is 14.3 Å². The van der Waals surface area contributed by atoms with Crippen molar-refractivity contribution >= 4 is 11.8 Å². The summed E-state index contributed by atoms with van der Waals surface area (Å²) in [7, 11) is 1.46. The van der Waals surface area contributed by atoms with Crippen LogP contribution in [0.3, 0.4) is 0 Å². The van der Waals surface area contributed by atoms with E-state index < -0.39 is 24.5 Å². The van der Waals surface area contributed by atoms with Crippen LogP contribution in [-0.4, -0.2) is 30.6 Å². The highest BCUT2D eigenvalue weighted by atomic mass is 19.1. The molecule has 1 atom stereocenters. The van der Waals surface area contributed by atoms with E-state index in [1.807, 2.05) is 0 Å². The van der Waals surface area contributed by atoms with Crippen molar-refractivity contribution in [2.45, 2.75) is 32.5 Å². The van der Waals surface area contributed by atoms with Gasteiger partial charge in [-0.3, -0.25) is 5.32 Å². The Bertz CT molecular complexity index is 471. The summed E-state index contributed by atoms with van der Waals surface area (Å²) in [5, 5.41) is 12.1. The number of hydrogen-bond acceptors (Lipinski definition) is 4. The van der Waals surface area contributed by atoms with Crippen molar-refractivity contribution in [3.63, 3.8) is 0 Å². The van der Waals surface area contributed by atoms with Crippen LogP contribution in [0.5, 0.6) is 5.75 Å². The Balaban J connectivity index is 2.96. The lowest BCUT2D eigenvalue weighted by atomic mass is 10.1. The minimum atomic E-state index is -1.34. The molecule has 0 aliphatic carbocycles. The molecule has 0 bridgehead atoms. The van der Waals surface area contributed by atoms with Crippen LogP contribution < -0.4 is 10.1 Å². The molecule has 2 N–H and O–H groups in total. The van der Waals surface area contributed by atoms with Crippen molar-refractivity contribution in [3.8, 4) is 5.75 Å². The Labute approximate surface area is 117 Å². The molecule has 1 amide bonds. The number of carbonyl (C=O) groups excluding carboxylic acids is 1. The Morgan fingerprint density at radius 3 is 2.60 bits per heavy atom. The van der Waals surface area contributed by atoms with Crippen LogP contribution in [-0.2, 0) is 4.74 Å². The zero-order valence-electron chi connectivity index (χ0n) is 12.1. The minimum Gasteiger partial charge on any atom is -0.497 e. The summed E-state index contributed by atoms with van der Waals surface area (Å²) in [6.45, 7) is 4.24. The Morgan fingerprint density at radius 1 is 1.45 bits per heavy atom. The summed E-state index contributed by atoms with van der Waals surface area (Å²) >= 11 is 0. The number of methoxy groups -OCH3 is 1. The molecular formula is C14H20FNO4. The van der Waals surface area contributed by atoms with E-state index in [1.165, 1.54) is 19.2 Å². The normalized spacial score (nSPS) is 12.7. The molecule has 20 heavy (non-hydrogen) atoms. The van der Waals surface area contributed by atoms with Gasteiger partial charge in [-0.25, -0.2) is 9.18 Å². The maximum atomic E-state index is 12.7. The molecular weight excluding hydrogens is 265 g/mol. The zero-order chi connectivity index (χ0) is 15.3. The number of anilines is 1. The average molecular weight is 285 g/mol. The highest BCUT2D eigenvalue weighted by Gasteiger charge is 2.19. The van der Waals surface area contributed by atoms with Gasteiger partial charge in [0.1, 0.15) is 24.1 Å². The van der Waals surface area contributed by atoms with E-state index in [2.05, 4.69) is 5.32 Å². The highest BCUT2D eigenvalue weighted by molar-refractivity contribution is 5.86. The molecule has 0 heterocycles. The number of nitrogens with one attached hydrogen (secondary N) is 1. The molecule has 6 heteroatoms. The number of halogens is 1. The fraction of sp³-hybridized carbons (Fsp3) is 0.500. The van der Waals surface area contributed by atoms with Crippen molar-refractivity contribution in [3.05, 3.63) is 23.8 Å². The third-order valence-electron chi connectivity index (χ3n) is 2.40. The minimum absolute atomic E-state index is 0.234. The van der Waals surface area contributed by atoms with Crippen LogP contribution in [0.2, 0.25) is 0 Å². The van der Waals surface area contributed by atoms with E-state index in [4.69, 9.17) is 9.47 Å². The Morgan fingerprint density at radius 2 is 2.10 bits per heavy atom. The zero-order valence-corrected chi connectivity index (χ0v) is 12.1. The quantitative estimate of drug-likeness (QED) is 0.892. The van der Waals surface area contributed by atoms with E-state index in [1.54, 1.807) is 26.8 Å². The summed E-state index contributed by atoms with van der Waals surface area (Å²) < 4.78 is 22.8.